The minimum absolute atomic E-state index is 0.107. The lowest BCUT2D eigenvalue weighted by Gasteiger charge is -2.27. The number of nitrogens with zero attached hydrogens (tertiary/aromatic N) is 3. The van der Waals surface area contributed by atoms with Crippen molar-refractivity contribution in [2.24, 2.45) is 7.05 Å². The molecule has 0 saturated carbocycles. The van der Waals surface area contributed by atoms with Crippen LogP contribution in [0.2, 0.25) is 5.02 Å². The molecule has 26 heavy (non-hydrogen) atoms. The van der Waals surface area contributed by atoms with Crippen molar-refractivity contribution in [2.45, 2.75) is 24.2 Å². The predicted molar refractivity (Wildman–Crippen MR) is 104 cm³/mol. The van der Waals surface area contributed by atoms with E-state index in [0.717, 1.165) is 37.2 Å². The summed E-state index contributed by atoms with van der Waals surface area (Å²) >= 11 is 7.71. The molecule has 0 aliphatic carbocycles. The number of piperidine rings is 1. The second-order valence-corrected chi connectivity index (χ2v) is 7.47. The molecule has 0 bridgehead atoms. The Morgan fingerprint density at radius 2 is 1.96 bits per heavy atom. The fourth-order valence-corrected chi connectivity index (χ4v) is 3.67. The zero-order valence-corrected chi connectivity index (χ0v) is 16.4. The van der Waals surface area contributed by atoms with Gasteiger partial charge in [-0.3, -0.25) is 14.3 Å². The molecule has 8 heteroatoms. The average molecular weight is 393 g/mol. The maximum Gasteiger partial charge on any atom is 0.274 e. The highest BCUT2D eigenvalue weighted by molar-refractivity contribution is 7.98. The van der Waals surface area contributed by atoms with E-state index in [1.807, 2.05) is 17.2 Å². The number of aromatic nitrogens is 2. The number of thioether (sulfide) groups is 1. The van der Waals surface area contributed by atoms with Crippen LogP contribution in [0.5, 0.6) is 0 Å². The highest BCUT2D eigenvalue weighted by atomic mass is 35.5. The van der Waals surface area contributed by atoms with Crippen molar-refractivity contribution in [3.05, 3.63) is 40.7 Å². The van der Waals surface area contributed by atoms with E-state index in [1.54, 1.807) is 19.2 Å². The van der Waals surface area contributed by atoms with Gasteiger partial charge in [-0.1, -0.05) is 11.6 Å². The van der Waals surface area contributed by atoms with Crippen molar-refractivity contribution in [1.29, 1.82) is 0 Å². The number of likely N-dealkylation sites (tertiary alicyclic amines) is 1. The van der Waals surface area contributed by atoms with Crippen molar-refractivity contribution in [1.82, 2.24) is 14.7 Å². The summed E-state index contributed by atoms with van der Waals surface area (Å²) in [6.45, 7) is 1.47. The second kappa shape index (κ2) is 8.14. The van der Waals surface area contributed by atoms with E-state index in [4.69, 9.17) is 11.6 Å². The van der Waals surface area contributed by atoms with Gasteiger partial charge in [0.25, 0.3) is 11.8 Å². The molecule has 0 radical (unpaired) electrons. The zero-order chi connectivity index (χ0) is 18.7. The SMILES string of the molecule is CSc1ccc(Cl)c(C(=O)Nc2cnn(C)c2C(=O)N2CCCCC2)c1. The first kappa shape index (κ1) is 18.8. The van der Waals surface area contributed by atoms with Crippen LogP contribution >= 0.6 is 23.4 Å². The molecular weight excluding hydrogens is 372 g/mol. The summed E-state index contributed by atoms with van der Waals surface area (Å²) in [6, 6.07) is 5.30. The molecule has 2 amide bonds. The number of rotatable bonds is 4. The molecule has 2 aromatic rings. The number of carbonyl (C=O) groups is 2. The van der Waals surface area contributed by atoms with Crippen LogP contribution in [0.3, 0.4) is 0 Å². The lowest BCUT2D eigenvalue weighted by atomic mass is 10.1. The molecule has 3 rings (SSSR count). The van der Waals surface area contributed by atoms with Crippen LogP contribution in [0.25, 0.3) is 0 Å². The third-order valence-electron chi connectivity index (χ3n) is 4.45. The van der Waals surface area contributed by atoms with Gasteiger partial charge in [0, 0.05) is 25.0 Å². The van der Waals surface area contributed by atoms with E-state index < -0.39 is 0 Å². The lowest BCUT2D eigenvalue weighted by molar-refractivity contribution is 0.0714. The highest BCUT2D eigenvalue weighted by Gasteiger charge is 2.25. The Balaban J connectivity index is 1.84. The van der Waals surface area contributed by atoms with Gasteiger partial charge in [0.05, 0.1) is 22.5 Å². The molecular formula is C18H21ClN4O2S. The molecule has 1 N–H and O–H groups in total. The fraction of sp³-hybridized carbons (Fsp3) is 0.389. The quantitative estimate of drug-likeness (QED) is 0.806. The molecule has 1 fully saturated rings. The van der Waals surface area contributed by atoms with E-state index in [9.17, 15) is 9.59 Å². The molecule has 1 aromatic carbocycles. The first-order valence-corrected chi connectivity index (χ1v) is 10.1. The standard InChI is InChI=1S/C18H21ClN4O2S/c1-22-16(18(25)23-8-4-3-5-9-23)15(11-20-22)21-17(24)13-10-12(26-2)6-7-14(13)19/h6-7,10-11H,3-5,8-9H2,1-2H3,(H,21,24). The predicted octanol–water partition coefficient (Wildman–Crippen LogP) is 3.67. The number of aryl methyl sites for hydroxylation is 1. The zero-order valence-electron chi connectivity index (χ0n) is 14.8. The van der Waals surface area contributed by atoms with Crippen LogP contribution in [0.4, 0.5) is 5.69 Å². The van der Waals surface area contributed by atoms with Crippen LogP contribution < -0.4 is 5.32 Å². The molecule has 2 heterocycles. The number of nitrogens with one attached hydrogen (secondary N) is 1. The Hall–Kier alpha value is -1.99. The molecule has 138 valence electrons. The topological polar surface area (TPSA) is 67.2 Å². The smallest absolute Gasteiger partial charge is 0.274 e. The number of hydrogen-bond donors (Lipinski definition) is 1. The maximum absolute atomic E-state index is 12.9. The van der Waals surface area contributed by atoms with Crippen LogP contribution in [0, 0.1) is 0 Å². The summed E-state index contributed by atoms with van der Waals surface area (Å²) in [5, 5.41) is 7.32. The van der Waals surface area contributed by atoms with Gasteiger partial charge in [-0.2, -0.15) is 5.10 Å². The normalized spacial score (nSPS) is 14.3. The third kappa shape index (κ3) is 3.88. The first-order valence-electron chi connectivity index (χ1n) is 8.47. The molecule has 1 aliphatic heterocycles. The minimum Gasteiger partial charge on any atom is -0.337 e. The Morgan fingerprint density at radius 3 is 2.65 bits per heavy atom. The molecule has 0 unspecified atom stereocenters. The molecule has 6 nitrogen and oxygen atoms in total. The van der Waals surface area contributed by atoms with Gasteiger partial charge in [-0.15, -0.1) is 11.8 Å². The number of benzene rings is 1. The highest BCUT2D eigenvalue weighted by Crippen LogP contribution is 2.25. The van der Waals surface area contributed by atoms with Crippen LogP contribution in [0.15, 0.2) is 29.3 Å². The Morgan fingerprint density at radius 1 is 1.23 bits per heavy atom. The summed E-state index contributed by atoms with van der Waals surface area (Å²) in [4.78, 5) is 28.3. The first-order chi connectivity index (χ1) is 12.5. The Bertz CT molecular complexity index is 831. The van der Waals surface area contributed by atoms with Gasteiger partial charge in [0.15, 0.2) is 0 Å². The summed E-state index contributed by atoms with van der Waals surface area (Å²) in [7, 11) is 1.70. The number of amides is 2. The molecule has 0 spiro atoms. The fourth-order valence-electron chi connectivity index (χ4n) is 3.02. The number of hydrogen-bond acceptors (Lipinski definition) is 4. The number of halogens is 1. The largest absolute Gasteiger partial charge is 0.337 e. The molecule has 1 aliphatic rings. The third-order valence-corrected chi connectivity index (χ3v) is 5.51. The van der Waals surface area contributed by atoms with E-state index in [-0.39, 0.29) is 11.8 Å². The minimum atomic E-state index is -0.355. The monoisotopic (exact) mass is 392 g/mol. The van der Waals surface area contributed by atoms with Crippen LogP contribution in [-0.2, 0) is 7.05 Å². The lowest BCUT2D eigenvalue weighted by Crippen LogP contribution is -2.37. The number of carbonyl (C=O) groups excluding carboxylic acids is 2. The van der Waals surface area contributed by atoms with E-state index in [2.05, 4.69) is 10.4 Å². The van der Waals surface area contributed by atoms with Crippen molar-refractivity contribution in [2.75, 3.05) is 24.7 Å². The molecule has 1 aromatic heterocycles. The van der Waals surface area contributed by atoms with Crippen LogP contribution in [-0.4, -0.2) is 45.8 Å². The van der Waals surface area contributed by atoms with Crippen molar-refractivity contribution in [3.8, 4) is 0 Å². The van der Waals surface area contributed by atoms with Crippen LogP contribution in [0.1, 0.15) is 40.1 Å². The van der Waals surface area contributed by atoms with Gasteiger partial charge < -0.3 is 10.2 Å². The van der Waals surface area contributed by atoms with Gasteiger partial charge in [-0.25, -0.2) is 0 Å². The Kier molecular flexibility index (Phi) is 5.88. The average Bonchev–Trinajstić information content (AvgIpc) is 3.02. The number of anilines is 1. The summed E-state index contributed by atoms with van der Waals surface area (Å²) in [5.74, 6) is -0.462. The van der Waals surface area contributed by atoms with E-state index in [1.165, 1.54) is 22.6 Å². The Labute approximate surface area is 161 Å². The van der Waals surface area contributed by atoms with Crippen molar-refractivity contribution in [3.63, 3.8) is 0 Å². The van der Waals surface area contributed by atoms with Crippen molar-refractivity contribution < 1.29 is 9.59 Å². The summed E-state index contributed by atoms with van der Waals surface area (Å²) in [6.07, 6.45) is 6.58. The van der Waals surface area contributed by atoms with Crippen molar-refractivity contribution >= 4 is 40.9 Å². The summed E-state index contributed by atoms with van der Waals surface area (Å²) in [5.41, 5.74) is 1.16. The van der Waals surface area contributed by atoms with Gasteiger partial charge in [-0.05, 0) is 43.7 Å². The van der Waals surface area contributed by atoms with Gasteiger partial charge in [0.2, 0.25) is 0 Å². The van der Waals surface area contributed by atoms with Gasteiger partial charge in [0.1, 0.15) is 5.69 Å². The maximum atomic E-state index is 12.9. The molecule has 0 atom stereocenters. The van der Waals surface area contributed by atoms with E-state index in [0.29, 0.717) is 22.0 Å². The second-order valence-electron chi connectivity index (χ2n) is 6.18. The summed E-state index contributed by atoms with van der Waals surface area (Å²) < 4.78 is 1.51. The van der Waals surface area contributed by atoms with E-state index >= 15 is 0 Å². The van der Waals surface area contributed by atoms with Gasteiger partial charge >= 0.3 is 0 Å². The molecule has 1 saturated heterocycles.